The molecule has 0 aliphatic heterocycles. The van der Waals surface area contributed by atoms with Gasteiger partial charge in [0, 0.05) is 31.3 Å². The number of hydrogen-bond acceptors (Lipinski definition) is 3. The molecule has 0 aliphatic rings. The number of aliphatic carboxylic acids is 1. The summed E-state index contributed by atoms with van der Waals surface area (Å²) in [6.45, 7) is 1.96. The van der Waals surface area contributed by atoms with E-state index in [1.807, 2.05) is 29.2 Å². The first kappa shape index (κ1) is 15.0. The molecule has 4 nitrogen and oxygen atoms in total. The second-order valence-corrected chi connectivity index (χ2v) is 4.56. The molecule has 2 N–H and O–H groups in total. The average molecular weight is 272 g/mol. The molecule has 100 valence electrons. The Morgan fingerprint density at radius 1 is 1.22 bits per heavy atom. The number of rotatable bonds is 8. The Morgan fingerprint density at radius 3 is 2.44 bits per heavy atom. The SMILES string of the molecule is O=C(O)CCN(CCCO)Cc1ccc(Cl)cc1. The van der Waals surface area contributed by atoms with E-state index in [0.29, 0.717) is 31.1 Å². The third kappa shape index (κ3) is 6.00. The van der Waals surface area contributed by atoms with E-state index in [2.05, 4.69) is 0 Å². The van der Waals surface area contributed by atoms with Crippen molar-refractivity contribution >= 4 is 17.6 Å². The molecule has 0 saturated carbocycles. The van der Waals surface area contributed by atoms with Crippen molar-refractivity contribution in [2.24, 2.45) is 0 Å². The normalized spacial score (nSPS) is 10.8. The van der Waals surface area contributed by atoms with E-state index in [-0.39, 0.29) is 13.0 Å². The van der Waals surface area contributed by atoms with Crippen LogP contribution in [0, 0.1) is 0 Å². The minimum absolute atomic E-state index is 0.110. The van der Waals surface area contributed by atoms with Crippen LogP contribution in [0.3, 0.4) is 0 Å². The van der Waals surface area contributed by atoms with E-state index < -0.39 is 5.97 Å². The number of halogens is 1. The van der Waals surface area contributed by atoms with Gasteiger partial charge < -0.3 is 10.2 Å². The highest BCUT2D eigenvalue weighted by atomic mass is 35.5. The highest BCUT2D eigenvalue weighted by molar-refractivity contribution is 6.30. The molecule has 1 aromatic rings. The Bertz CT molecular complexity index is 367. The fourth-order valence-corrected chi connectivity index (χ4v) is 1.79. The second kappa shape index (κ2) is 8.08. The Hall–Kier alpha value is -1.10. The number of aliphatic hydroxyl groups excluding tert-OH is 1. The molecule has 18 heavy (non-hydrogen) atoms. The predicted molar refractivity (Wildman–Crippen MR) is 70.7 cm³/mol. The average Bonchev–Trinajstić information content (AvgIpc) is 2.35. The van der Waals surface area contributed by atoms with Gasteiger partial charge in [0.1, 0.15) is 0 Å². The largest absolute Gasteiger partial charge is 0.481 e. The number of carbonyl (C=O) groups is 1. The summed E-state index contributed by atoms with van der Waals surface area (Å²) < 4.78 is 0. The lowest BCUT2D eigenvalue weighted by molar-refractivity contribution is -0.137. The molecule has 0 aliphatic carbocycles. The summed E-state index contributed by atoms with van der Waals surface area (Å²) in [5.41, 5.74) is 1.09. The van der Waals surface area contributed by atoms with Crippen LogP contribution in [-0.4, -0.2) is 40.8 Å². The Balaban J connectivity index is 2.53. The van der Waals surface area contributed by atoms with Crippen LogP contribution in [0.4, 0.5) is 0 Å². The van der Waals surface area contributed by atoms with Gasteiger partial charge in [-0.05, 0) is 24.1 Å². The van der Waals surface area contributed by atoms with Gasteiger partial charge in [0.2, 0.25) is 0 Å². The van der Waals surface area contributed by atoms with Gasteiger partial charge in [-0.15, -0.1) is 0 Å². The van der Waals surface area contributed by atoms with Crippen molar-refractivity contribution in [2.45, 2.75) is 19.4 Å². The highest BCUT2D eigenvalue weighted by Crippen LogP contribution is 2.12. The maximum Gasteiger partial charge on any atom is 0.304 e. The quantitative estimate of drug-likeness (QED) is 0.759. The second-order valence-electron chi connectivity index (χ2n) is 4.12. The van der Waals surface area contributed by atoms with Crippen molar-refractivity contribution in [1.29, 1.82) is 0 Å². The molecule has 0 bridgehead atoms. The summed E-state index contributed by atoms with van der Waals surface area (Å²) in [5.74, 6) is -0.805. The van der Waals surface area contributed by atoms with Gasteiger partial charge in [-0.2, -0.15) is 0 Å². The third-order valence-electron chi connectivity index (χ3n) is 2.59. The molecule has 1 aromatic carbocycles. The topological polar surface area (TPSA) is 60.8 Å². The van der Waals surface area contributed by atoms with E-state index in [1.54, 1.807) is 0 Å². The minimum atomic E-state index is -0.805. The fraction of sp³-hybridized carbons (Fsp3) is 0.462. The zero-order valence-corrected chi connectivity index (χ0v) is 10.9. The molecule has 0 spiro atoms. The van der Waals surface area contributed by atoms with Crippen LogP contribution in [0.15, 0.2) is 24.3 Å². The van der Waals surface area contributed by atoms with Crippen molar-refractivity contribution in [1.82, 2.24) is 4.90 Å². The first-order valence-corrected chi connectivity index (χ1v) is 6.29. The van der Waals surface area contributed by atoms with Gasteiger partial charge in [-0.25, -0.2) is 0 Å². The molecule has 0 aromatic heterocycles. The Labute approximate surface area is 112 Å². The lowest BCUT2D eigenvalue weighted by Gasteiger charge is -2.21. The Kier molecular flexibility index (Phi) is 6.72. The van der Waals surface area contributed by atoms with E-state index >= 15 is 0 Å². The number of carboxylic acid groups (broad SMARTS) is 1. The van der Waals surface area contributed by atoms with Crippen molar-refractivity contribution < 1.29 is 15.0 Å². The van der Waals surface area contributed by atoms with Crippen LogP contribution in [0.5, 0.6) is 0 Å². The first-order chi connectivity index (χ1) is 8.61. The van der Waals surface area contributed by atoms with Gasteiger partial charge in [0.25, 0.3) is 0 Å². The number of nitrogens with zero attached hydrogens (tertiary/aromatic N) is 1. The van der Waals surface area contributed by atoms with E-state index in [1.165, 1.54) is 0 Å². The number of carboxylic acids is 1. The van der Waals surface area contributed by atoms with Crippen LogP contribution >= 0.6 is 11.6 Å². The number of aliphatic hydroxyl groups is 1. The maximum atomic E-state index is 10.6. The van der Waals surface area contributed by atoms with Crippen LogP contribution in [0.1, 0.15) is 18.4 Å². The van der Waals surface area contributed by atoms with Crippen molar-refractivity contribution in [2.75, 3.05) is 19.7 Å². The first-order valence-electron chi connectivity index (χ1n) is 5.91. The van der Waals surface area contributed by atoms with Crippen LogP contribution in [0.25, 0.3) is 0 Å². The molecule has 1 rings (SSSR count). The predicted octanol–water partition coefficient (Wildman–Crippen LogP) is 2.00. The van der Waals surface area contributed by atoms with Crippen LogP contribution in [-0.2, 0) is 11.3 Å². The van der Waals surface area contributed by atoms with E-state index in [0.717, 1.165) is 5.56 Å². The van der Waals surface area contributed by atoms with Crippen LogP contribution in [0.2, 0.25) is 5.02 Å². The molecule has 0 atom stereocenters. The molecule has 0 amide bonds. The maximum absolute atomic E-state index is 10.6. The summed E-state index contributed by atoms with van der Waals surface area (Å²) in [6, 6.07) is 7.49. The fourth-order valence-electron chi connectivity index (χ4n) is 1.67. The van der Waals surface area contributed by atoms with Gasteiger partial charge >= 0.3 is 5.97 Å². The summed E-state index contributed by atoms with van der Waals surface area (Å²) in [4.78, 5) is 12.6. The van der Waals surface area contributed by atoms with Gasteiger partial charge in [-0.1, -0.05) is 23.7 Å². The summed E-state index contributed by atoms with van der Waals surface area (Å²) >= 11 is 5.81. The summed E-state index contributed by atoms with van der Waals surface area (Å²) in [6.07, 6.45) is 0.756. The molecule has 0 saturated heterocycles. The lowest BCUT2D eigenvalue weighted by atomic mass is 10.2. The summed E-state index contributed by atoms with van der Waals surface area (Å²) in [5, 5.41) is 18.2. The third-order valence-corrected chi connectivity index (χ3v) is 2.85. The highest BCUT2D eigenvalue weighted by Gasteiger charge is 2.08. The molecule has 0 heterocycles. The minimum Gasteiger partial charge on any atom is -0.481 e. The van der Waals surface area contributed by atoms with Gasteiger partial charge in [0.05, 0.1) is 6.42 Å². The molecule has 5 heteroatoms. The standard InChI is InChI=1S/C13H18ClNO3/c14-12-4-2-11(3-5-12)10-15(7-1-9-16)8-6-13(17)18/h2-5,16H,1,6-10H2,(H,17,18). The molecular weight excluding hydrogens is 254 g/mol. The molecule has 0 fully saturated rings. The zero-order chi connectivity index (χ0) is 13.4. The van der Waals surface area contributed by atoms with Gasteiger partial charge in [0.15, 0.2) is 0 Å². The van der Waals surface area contributed by atoms with E-state index in [4.69, 9.17) is 21.8 Å². The number of hydrogen-bond donors (Lipinski definition) is 2. The lowest BCUT2D eigenvalue weighted by Crippen LogP contribution is -2.27. The molecular formula is C13H18ClNO3. The van der Waals surface area contributed by atoms with Crippen molar-refractivity contribution in [3.8, 4) is 0 Å². The zero-order valence-electron chi connectivity index (χ0n) is 10.2. The monoisotopic (exact) mass is 271 g/mol. The van der Waals surface area contributed by atoms with E-state index in [9.17, 15) is 4.79 Å². The number of benzene rings is 1. The van der Waals surface area contributed by atoms with Crippen molar-refractivity contribution in [3.63, 3.8) is 0 Å². The van der Waals surface area contributed by atoms with Crippen molar-refractivity contribution in [3.05, 3.63) is 34.9 Å². The smallest absolute Gasteiger partial charge is 0.304 e. The summed E-state index contributed by atoms with van der Waals surface area (Å²) in [7, 11) is 0. The molecule has 0 unspecified atom stereocenters. The van der Waals surface area contributed by atoms with Crippen LogP contribution < -0.4 is 0 Å². The van der Waals surface area contributed by atoms with Gasteiger partial charge in [-0.3, -0.25) is 9.69 Å². The molecule has 0 radical (unpaired) electrons. The Morgan fingerprint density at radius 2 is 1.89 bits per heavy atom.